The lowest BCUT2D eigenvalue weighted by atomic mass is 10.00. The van der Waals surface area contributed by atoms with Gasteiger partial charge in [-0.3, -0.25) is 0 Å². The van der Waals surface area contributed by atoms with Gasteiger partial charge in [0, 0.05) is 22.7 Å². The van der Waals surface area contributed by atoms with E-state index in [0.29, 0.717) is 11.6 Å². The Hall–Kier alpha value is -0.610. The summed E-state index contributed by atoms with van der Waals surface area (Å²) in [5.41, 5.74) is 0.421. The summed E-state index contributed by atoms with van der Waals surface area (Å²) >= 11 is 3.50. The Bertz CT molecular complexity index is 409. The number of benzene rings is 1. The molecule has 1 unspecified atom stereocenters. The molecule has 1 aromatic carbocycles. The topological polar surface area (TPSA) is 24.1 Å². The molecule has 0 spiro atoms. The van der Waals surface area contributed by atoms with E-state index in [1.807, 2.05) is 18.2 Å². The molecule has 1 aromatic rings. The molecule has 0 amide bonds. The van der Waals surface area contributed by atoms with Crippen molar-refractivity contribution < 1.29 is 4.39 Å². The van der Waals surface area contributed by atoms with Crippen LogP contribution in [0.2, 0.25) is 0 Å². The molecule has 1 saturated heterocycles. The summed E-state index contributed by atoms with van der Waals surface area (Å²) in [4.78, 5) is 0. The molecule has 1 aliphatic rings. The molecular weight excluding hydrogens is 295 g/mol. The maximum absolute atomic E-state index is 13.8. The van der Waals surface area contributed by atoms with Crippen LogP contribution in [0.4, 0.5) is 10.1 Å². The van der Waals surface area contributed by atoms with Crippen LogP contribution in [0.3, 0.4) is 0 Å². The summed E-state index contributed by atoms with van der Waals surface area (Å²) in [6.45, 7) is 5.17. The Kier molecular flexibility index (Phi) is 4.28. The van der Waals surface area contributed by atoms with E-state index >= 15 is 0 Å². The molecule has 2 N–H and O–H groups in total. The van der Waals surface area contributed by atoms with Crippen LogP contribution in [-0.4, -0.2) is 19.1 Å². The zero-order valence-corrected chi connectivity index (χ0v) is 12.5. The highest BCUT2D eigenvalue weighted by Gasteiger charge is 2.20. The number of hydrogen-bond acceptors (Lipinski definition) is 2. The molecule has 1 aliphatic heterocycles. The summed E-state index contributed by atoms with van der Waals surface area (Å²) < 4.78 is 14.7. The maximum Gasteiger partial charge on any atom is 0.130 e. The average Bonchev–Trinajstić information content (AvgIpc) is 2.79. The van der Waals surface area contributed by atoms with Gasteiger partial charge in [0.1, 0.15) is 5.67 Å². The molecule has 100 valence electrons. The second-order valence-electron chi connectivity index (χ2n) is 5.34. The fourth-order valence-electron chi connectivity index (χ4n) is 2.19. The van der Waals surface area contributed by atoms with Crippen LogP contribution in [0.25, 0.3) is 0 Å². The standard InChI is InChI=1S/C14H20BrFN2/c1-14(2,16)10-5-6-13(12(15)8-10)18-9-11-4-3-7-17-11/h5-6,8,11,17-18H,3-4,7,9H2,1-2H3. The molecule has 1 fully saturated rings. The number of rotatable bonds is 4. The van der Waals surface area contributed by atoms with Crippen molar-refractivity contribution in [2.24, 2.45) is 0 Å². The van der Waals surface area contributed by atoms with E-state index < -0.39 is 5.67 Å². The Morgan fingerprint density at radius 1 is 1.50 bits per heavy atom. The Morgan fingerprint density at radius 3 is 2.83 bits per heavy atom. The van der Waals surface area contributed by atoms with Gasteiger partial charge >= 0.3 is 0 Å². The SMILES string of the molecule is CC(C)(F)c1ccc(NCC2CCCN2)c(Br)c1. The monoisotopic (exact) mass is 314 g/mol. The quantitative estimate of drug-likeness (QED) is 0.883. The lowest BCUT2D eigenvalue weighted by Gasteiger charge is -2.18. The number of anilines is 1. The zero-order valence-electron chi connectivity index (χ0n) is 10.9. The number of hydrogen-bond donors (Lipinski definition) is 2. The summed E-state index contributed by atoms with van der Waals surface area (Å²) in [5.74, 6) is 0. The van der Waals surface area contributed by atoms with Crippen molar-refractivity contribution >= 4 is 21.6 Å². The van der Waals surface area contributed by atoms with Gasteiger partial charge in [0.2, 0.25) is 0 Å². The predicted molar refractivity (Wildman–Crippen MR) is 77.8 cm³/mol. The minimum atomic E-state index is -1.30. The van der Waals surface area contributed by atoms with Crippen molar-refractivity contribution in [3.63, 3.8) is 0 Å². The highest BCUT2D eigenvalue weighted by atomic mass is 79.9. The van der Waals surface area contributed by atoms with E-state index in [-0.39, 0.29) is 0 Å². The van der Waals surface area contributed by atoms with Gasteiger partial charge in [-0.25, -0.2) is 4.39 Å². The lowest BCUT2D eigenvalue weighted by molar-refractivity contribution is 0.221. The first-order valence-corrected chi connectivity index (χ1v) is 7.22. The van der Waals surface area contributed by atoms with E-state index in [9.17, 15) is 4.39 Å². The van der Waals surface area contributed by atoms with E-state index in [1.54, 1.807) is 13.8 Å². The van der Waals surface area contributed by atoms with Gasteiger partial charge < -0.3 is 10.6 Å². The molecule has 2 rings (SSSR count). The van der Waals surface area contributed by atoms with Crippen LogP contribution in [0.5, 0.6) is 0 Å². The molecule has 1 atom stereocenters. The van der Waals surface area contributed by atoms with Gasteiger partial charge in [-0.15, -0.1) is 0 Å². The van der Waals surface area contributed by atoms with Crippen LogP contribution >= 0.6 is 15.9 Å². The van der Waals surface area contributed by atoms with E-state index in [2.05, 4.69) is 26.6 Å². The van der Waals surface area contributed by atoms with E-state index in [1.165, 1.54) is 12.8 Å². The van der Waals surface area contributed by atoms with Gasteiger partial charge in [-0.05, 0) is 66.9 Å². The fraction of sp³-hybridized carbons (Fsp3) is 0.571. The molecule has 0 bridgehead atoms. The normalized spacial score (nSPS) is 20.1. The Morgan fingerprint density at radius 2 is 2.28 bits per heavy atom. The number of halogens is 2. The van der Waals surface area contributed by atoms with Crippen molar-refractivity contribution in [2.75, 3.05) is 18.4 Å². The fourth-order valence-corrected chi connectivity index (χ4v) is 2.71. The first kappa shape index (κ1) is 13.8. The molecule has 0 aromatic heterocycles. The van der Waals surface area contributed by atoms with Crippen LogP contribution in [0.1, 0.15) is 32.3 Å². The van der Waals surface area contributed by atoms with Crippen molar-refractivity contribution in [2.45, 2.75) is 38.4 Å². The van der Waals surface area contributed by atoms with Gasteiger partial charge in [-0.1, -0.05) is 6.07 Å². The number of nitrogens with one attached hydrogen (secondary N) is 2. The summed E-state index contributed by atoms with van der Waals surface area (Å²) in [6, 6.07) is 6.18. The minimum Gasteiger partial charge on any atom is -0.383 e. The van der Waals surface area contributed by atoms with Crippen LogP contribution in [0, 0.1) is 0 Å². The minimum absolute atomic E-state index is 0.550. The Labute approximate surface area is 116 Å². The van der Waals surface area contributed by atoms with Crippen LogP contribution in [-0.2, 0) is 5.67 Å². The van der Waals surface area contributed by atoms with Crippen molar-refractivity contribution in [3.05, 3.63) is 28.2 Å². The summed E-state index contributed by atoms with van der Waals surface area (Å²) in [7, 11) is 0. The zero-order chi connectivity index (χ0) is 13.2. The lowest BCUT2D eigenvalue weighted by Crippen LogP contribution is -2.29. The molecule has 0 saturated carbocycles. The molecule has 18 heavy (non-hydrogen) atoms. The van der Waals surface area contributed by atoms with Crippen molar-refractivity contribution in [1.29, 1.82) is 0 Å². The number of alkyl halides is 1. The van der Waals surface area contributed by atoms with Gasteiger partial charge in [0.25, 0.3) is 0 Å². The van der Waals surface area contributed by atoms with Gasteiger partial charge in [0.05, 0.1) is 0 Å². The maximum atomic E-state index is 13.8. The summed E-state index contributed by atoms with van der Waals surface area (Å²) in [5, 5.41) is 6.85. The molecule has 1 heterocycles. The highest BCUT2D eigenvalue weighted by Crippen LogP contribution is 2.31. The third-order valence-electron chi connectivity index (χ3n) is 3.36. The predicted octanol–water partition coefficient (Wildman–Crippen LogP) is 3.82. The molecule has 4 heteroatoms. The molecular formula is C14H20BrFN2. The summed E-state index contributed by atoms with van der Waals surface area (Å²) in [6.07, 6.45) is 2.47. The first-order chi connectivity index (χ1) is 8.47. The second-order valence-corrected chi connectivity index (χ2v) is 6.20. The average molecular weight is 315 g/mol. The van der Waals surface area contributed by atoms with Crippen molar-refractivity contribution in [1.82, 2.24) is 5.32 Å². The van der Waals surface area contributed by atoms with E-state index in [4.69, 9.17) is 0 Å². The highest BCUT2D eigenvalue weighted by molar-refractivity contribution is 9.10. The second kappa shape index (κ2) is 5.57. The molecule has 0 radical (unpaired) electrons. The third-order valence-corrected chi connectivity index (χ3v) is 4.01. The van der Waals surface area contributed by atoms with Crippen molar-refractivity contribution in [3.8, 4) is 0 Å². The Balaban J connectivity index is 2.01. The molecule has 0 aliphatic carbocycles. The first-order valence-electron chi connectivity index (χ1n) is 6.43. The van der Waals surface area contributed by atoms with Crippen LogP contribution < -0.4 is 10.6 Å². The molecule has 2 nitrogen and oxygen atoms in total. The van der Waals surface area contributed by atoms with E-state index in [0.717, 1.165) is 23.2 Å². The van der Waals surface area contributed by atoms with Gasteiger partial charge in [-0.2, -0.15) is 0 Å². The third kappa shape index (κ3) is 3.45. The smallest absolute Gasteiger partial charge is 0.130 e. The largest absolute Gasteiger partial charge is 0.383 e. The van der Waals surface area contributed by atoms with Gasteiger partial charge in [0.15, 0.2) is 0 Å². The van der Waals surface area contributed by atoms with Crippen LogP contribution in [0.15, 0.2) is 22.7 Å².